The highest BCUT2D eigenvalue weighted by Crippen LogP contribution is 2.42. The molecule has 0 spiro atoms. The second kappa shape index (κ2) is 8.60. The molecule has 2 aromatic rings. The summed E-state index contributed by atoms with van der Waals surface area (Å²) in [7, 11) is 1.53. The van der Waals surface area contributed by atoms with Crippen LogP contribution in [0.1, 0.15) is 51.8 Å². The number of benzene rings is 1. The largest absolute Gasteiger partial charge is 0.507 e. The molecule has 0 radical (unpaired) electrons. The summed E-state index contributed by atoms with van der Waals surface area (Å²) in [5.74, 6) is -0.203. The Morgan fingerprint density at radius 3 is 2.76 bits per heavy atom. The Morgan fingerprint density at radius 2 is 2.10 bits per heavy atom. The number of cyclic esters (lactones) is 1. The van der Waals surface area contributed by atoms with E-state index in [0.717, 1.165) is 16.1 Å². The van der Waals surface area contributed by atoms with Crippen molar-refractivity contribution in [1.82, 2.24) is 10.2 Å². The first-order valence-corrected chi connectivity index (χ1v) is 9.97. The van der Waals surface area contributed by atoms with Crippen molar-refractivity contribution in [3.63, 3.8) is 0 Å². The van der Waals surface area contributed by atoms with Gasteiger partial charge in [-0.25, -0.2) is 4.79 Å². The lowest BCUT2D eigenvalue weighted by Gasteiger charge is -2.15. The monoisotopic (exact) mass is 417 g/mol. The lowest BCUT2D eigenvalue weighted by molar-refractivity contribution is -0.116. The van der Waals surface area contributed by atoms with Gasteiger partial charge in [0.2, 0.25) is 11.0 Å². The second-order valence-corrected chi connectivity index (χ2v) is 8.03. The summed E-state index contributed by atoms with van der Waals surface area (Å²) in [6.45, 7) is 5.73. The minimum atomic E-state index is -0.520. The van der Waals surface area contributed by atoms with E-state index in [-0.39, 0.29) is 23.8 Å². The number of hydrogen-bond acceptors (Lipinski definition) is 8. The first-order chi connectivity index (χ1) is 13.8. The molecule has 3 rings (SSSR count). The van der Waals surface area contributed by atoms with Crippen molar-refractivity contribution >= 4 is 28.3 Å². The number of esters is 1. The third kappa shape index (κ3) is 4.40. The van der Waals surface area contributed by atoms with E-state index >= 15 is 0 Å². The predicted molar refractivity (Wildman–Crippen MR) is 108 cm³/mol. The Labute approximate surface area is 172 Å². The van der Waals surface area contributed by atoms with Crippen LogP contribution in [0.2, 0.25) is 0 Å². The SMILES string of the molecule is COc1c(C)c2c(c(O)c1CC=C(C)CCC(=O)Nc1nnc(C)s1)C(=O)OC2. The smallest absolute Gasteiger partial charge is 0.342 e. The Bertz CT molecular complexity index is 996. The van der Waals surface area contributed by atoms with Gasteiger partial charge in [0.05, 0.1) is 7.11 Å². The Balaban J connectivity index is 1.69. The zero-order valence-corrected chi connectivity index (χ0v) is 17.6. The number of aromatic nitrogens is 2. The van der Waals surface area contributed by atoms with Crippen molar-refractivity contribution in [1.29, 1.82) is 0 Å². The van der Waals surface area contributed by atoms with Gasteiger partial charge >= 0.3 is 5.97 Å². The summed E-state index contributed by atoms with van der Waals surface area (Å²) >= 11 is 1.33. The van der Waals surface area contributed by atoms with Gasteiger partial charge in [-0.05, 0) is 39.2 Å². The number of allylic oxidation sites excluding steroid dienone is 2. The van der Waals surface area contributed by atoms with Gasteiger partial charge in [0.25, 0.3) is 0 Å². The van der Waals surface area contributed by atoms with Gasteiger partial charge in [-0.3, -0.25) is 4.79 Å². The number of nitrogens with one attached hydrogen (secondary N) is 1. The van der Waals surface area contributed by atoms with Gasteiger partial charge in [-0.1, -0.05) is 23.0 Å². The molecule has 0 fully saturated rings. The average molecular weight is 417 g/mol. The van der Waals surface area contributed by atoms with Crippen LogP contribution in [0.4, 0.5) is 5.13 Å². The number of ether oxygens (including phenoxy) is 2. The fourth-order valence-corrected chi connectivity index (χ4v) is 3.85. The van der Waals surface area contributed by atoms with Crippen molar-refractivity contribution in [2.45, 2.75) is 46.6 Å². The number of anilines is 1. The highest BCUT2D eigenvalue weighted by Gasteiger charge is 2.31. The van der Waals surface area contributed by atoms with Crippen molar-refractivity contribution in [2.24, 2.45) is 0 Å². The van der Waals surface area contributed by atoms with E-state index in [2.05, 4.69) is 15.5 Å². The fraction of sp³-hybridized carbons (Fsp3) is 0.400. The van der Waals surface area contributed by atoms with Crippen LogP contribution in [-0.2, 0) is 22.6 Å². The number of hydrogen-bond donors (Lipinski definition) is 2. The van der Waals surface area contributed by atoms with Crippen LogP contribution in [0.25, 0.3) is 0 Å². The highest BCUT2D eigenvalue weighted by molar-refractivity contribution is 7.15. The molecule has 0 unspecified atom stereocenters. The maximum atomic E-state index is 12.1. The molecule has 0 aliphatic carbocycles. The molecule has 1 aliphatic heterocycles. The van der Waals surface area contributed by atoms with Gasteiger partial charge in [0.15, 0.2) is 0 Å². The molecule has 1 amide bonds. The van der Waals surface area contributed by atoms with Crippen LogP contribution in [0.3, 0.4) is 0 Å². The van der Waals surface area contributed by atoms with Crippen LogP contribution in [0, 0.1) is 13.8 Å². The molecular weight excluding hydrogens is 394 g/mol. The molecule has 2 heterocycles. The molecule has 2 N–H and O–H groups in total. The van der Waals surface area contributed by atoms with Crippen molar-refractivity contribution in [2.75, 3.05) is 12.4 Å². The minimum Gasteiger partial charge on any atom is -0.507 e. The molecular formula is C20H23N3O5S. The number of phenols is 1. The number of amides is 1. The van der Waals surface area contributed by atoms with Crippen molar-refractivity contribution in [3.05, 3.63) is 38.9 Å². The average Bonchev–Trinajstić information content (AvgIpc) is 3.27. The van der Waals surface area contributed by atoms with Crippen LogP contribution in [0.15, 0.2) is 11.6 Å². The van der Waals surface area contributed by atoms with Gasteiger partial charge in [-0.15, -0.1) is 10.2 Å². The van der Waals surface area contributed by atoms with E-state index in [4.69, 9.17) is 9.47 Å². The normalized spacial score (nSPS) is 13.2. The molecule has 1 aromatic heterocycles. The molecule has 1 aliphatic rings. The van der Waals surface area contributed by atoms with Crippen LogP contribution in [0.5, 0.6) is 11.5 Å². The Morgan fingerprint density at radius 1 is 1.34 bits per heavy atom. The lowest BCUT2D eigenvalue weighted by atomic mass is 9.94. The number of nitrogens with zero attached hydrogens (tertiary/aromatic N) is 2. The Kier molecular flexibility index (Phi) is 6.17. The summed E-state index contributed by atoms with van der Waals surface area (Å²) < 4.78 is 10.5. The Hall–Kier alpha value is -2.94. The van der Waals surface area contributed by atoms with E-state index in [1.54, 1.807) is 0 Å². The van der Waals surface area contributed by atoms with E-state index in [9.17, 15) is 14.7 Å². The fourth-order valence-electron chi connectivity index (χ4n) is 3.25. The number of fused-ring (bicyclic) bond motifs is 1. The highest BCUT2D eigenvalue weighted by atomic mass is 32.1. The van der Waals surface area contributed by atoms with E-state index < -0.39 is 5.97 Å². The van der Waals surface area contributed by atoms with Gasteiger partial charge in [0.1, 0.15) is 28.7 Å². The maximum absolute atomic E-state index is 12.1. The molecule has 1 aromatic carbocycles. The zero-order chi connectivity index (χ0) is 21.1. The van der Waals surface area contributed by atoms with Crippen LogP contribution < -0.4 is 10.1 Å². The topological polar surface area (TPSA) is 111 Å². The van der Waals surface area contributed by atoms with Crippen LogP contribution >= 0.6 is 11.3 Å². The molecule has 29 heavy (non-hydrogen) atoms. The molecule has 0 atom stereocenters. The number of aromatic hydroxyl groups is 1. The third-order valence-electron chi connectivity index (χ3n) is 4.82. The summed E-state index contributed by atoms with van der Waals surface area (Å²) in [6.07, 6.45) is 3.16. The summed E-state index contributed by atoms with van der Waals surface area (Å²) in [6, 6.07) is 0. The number of phenolic OH excluding ortho intramolecular Hbond substituents is 1. The van der Waals surface area contributed by atoms with Gasteiger partial charge < -0.3 is 19.9 Å². The number of methoxy groups -OCH3 is 1. The standard InChI is InChI=1S/C20H23N3O5S/c1-10(6-8-15(24)21-20-23-22-12(3)29-20)5-7-13-17(25)16-14(9-28-19(16)26)11(2)18(13)27-4/h5,25H,6-9H2,1-4H3,(H,21,23,24). The molecule has 9 heteroatoms. The van der Waals surface area contributed by atoms with E-state index in [0.29, 0.717) is 41.3 Å². The number of carbonyl (C=O) groups excluding carboxylic acids is 2. The molecule has 154 valence electrons. The quantitative estimate of drug-likeness (QED) is 0.524. The number of carbonyl (C=O) groups is 2. The van der Waals surface area contributed by atoms with Gasteiger partial charge in [-0.2, -0.15) is 0 Å². The molecule has 0 bridgehead atoms. The van der Waals surface area contributed by atoms with E-state index in [1.807, 2.05) is 26.8 Å². The van der Waals surface area contributed by atoms with Gasteiger partial charge in [0, 0.05) is 17.5 Å². The molecule has 0 saturated carbocycles. The summed E-state index contributed by atoms with van der Waals surface area (Å²) in [4.78, 5) is 24.0. The summed E-state index contributed by atoms with van der Waals surface area (Å²) in [5, 5.41) is 22.4. The van der Waals surface area contributed by atoms with Crippen molar-refractivity contribution in [3.8, 4) is 11.5 Å². The molecule has 8 nitrogen and oxygen atoms in total. The lowest BCUT2D eigenvalue weighted by Crippen LogP contribution is -2.11. The molecule has 0 saturated heterocycles. The van der Waals surface area contributed by atoms with E-state index in [1.165, 1.54) is 18.4 Å². The predicted octanol–water partition coefficient (Wildman–Crippen LogP) is 3.45. The van der Waals surface area contributed by atoms with Crippen LogP contribution in [-0.4, -0.2) is 34.3 Å². The first-order valence-electron chi connectivity index (χ1n) is 9.15. The summed E-state index contributed by atoms with van der Waals surface area (Å²) in [5.41, 5.74) is 3.19. The first kappa shape index (κ1) is 20.8. The minimum absolute atomic E-state index is 0.0987. The second-order valence-electron chi connectivity index (χ2n) is 6.84. The third-order valence-corrected chi connectivity index (χ3v) is 5.58. The van der Waals surface area contributed by atoms with Crippen molar-refractivity contribution < 1.29 is 24.2 Å². The number of aryl methyl sites for hydroxylation is 1. The zero-order valence-electron chi connectivity index (χ0n) is 16.8. The number of rotatable bonds is 7. The maximum Gasteiger partial charge on any atom is 0.342 e.